The predicted octanol–water partition coefficient (Wildman–Crippen LogP) is 2.88. The fraction of sp³-hybridized carbons (Fsp3) is 0.318. The number of ketones is 1. The van der Waals surface area contributed by atoms with E-state index < -0.39 is 22.3 Å². The van der Waals surface area contributed by atoms with Gasteiger partial charge in [0.05, 0.1) is 27.6 Å². The lowest BCUT2D eigenvalue weighted by molar-refractivity contribution is 0.101. The molecule has 0 amide bonds. The van der Waals surface area contributed by atoms with E-state index in [9.17, 15) is 18.3 Å². The smallest absolute Gasteiger partial charge is 0.333 e. The Bertz CT molecular complexity index is 1300. The van der Waals surface area contributed by atoms with Crippen molar-refractivity contribution in [1.29, 1.82) is 0 Å². The van der Waals surface area contributed by atoms with Gasteiger partial charge >= 0.3 is 10.3 Å². The number of para-hydroxylation sites is 1. The van der Waals surface area contributed by atoms with Crippen LogP contribution in [0.2, 0.25) is 0 Å². The molecule has 1 aliphatic rings. The molecule has 186 valence electrons. The van der Waals surface area contributed by atoms with Gasteiger partial charge in [0.25, 0.3) is 0 Å². The number of aromatic nitrogens is 2. The number of carbonyl (C=O) groups excluding carboxylic acids is 1. The number of halogens is 1. The van der Waals surface area contributed by atoms with Crippen molar-refractivity contribution < 1.29 is 27.2 Å². The van der Waals surface area contributed by atoms with Crippen molar-refractivity contribution in [3.63, 3.8) is 0 Å². The molecule has 1 fully saturated rings. The highest BCUT2D eigenvalue weighted by molar-refractivity contribution is 9.10. The summed E-state index contributed by atoms with van der Waals surface area (Å²) in [5.41, 5.74) is 1.16. The zero-order valence-corrected chi connectivity index (χ0v) is 21.6. The lowest BCUT2D eigenvalue weighted by Gasteiger charge is -2.15. The molecule has 0 unspecified atom stereocenters. The maximum atomic E-state index is 13.2. The molecule has 3 aromatic rings. The first-order chi connectivity index (χ1) is 16.7. The first-order valence-electron chi connectivity index (χ1n) is 10.6. The molecule has 0 aliphatic heterocycles. The summed E-state index contributed by atoms with van der Waals surface area (Å²) in [6.45, 7) is 0.0953. The number of benzene rings is 1. The van der Waals surface area contributed by atoms with Crippen molar-refractivity contribution in [1.82, 2.24) is 9.97 Å². The molecule has 3 atom stereocenters. The molecule has 2 aromatic heterocycles. The van der Waals surface area contributed by atoms with E-state index in [1.807, 2.05) is 29.6 Å². The van der Waals surface area contributed by atoms with Gasteiger partial charge in [0, 0.05) is 23.7 Å². The number of thiophene rings is 1. The minimum atomic E-state index is -4.09. The van der Waals surface area contributed by atoms with Gasteiger partial charge in [0.15, 0.2) is 0 Å². The normalized spacial score (nSPS) is 20.0. The van der Waals surface area contributed by atoms with E-state index in [4.69, 9.17) is 9.88 Å². The molecule has 1 aromatic carbocycles. The molecule has 1 saturated carbocycles. The molecule has 0 radical (unpaired) electrons. The lowest BCUT2D eigenvalue weighted by atomic mass is 10.1. The number of ether oxygens (including phenoxy) is 1. The van der Waals surface area contributed by atoms with Crippen molar-refractivity contribution in [3.8, 4) is 5.75 Å². The summed E-state index contributed by atoms with van der Waals surface area (Å²) in [5.74, 6) is 0.393. The summed E-state index contributed by atoms with van der Waals surface area (Å²) in [5, 5.41) is 20.2. The lowest BCUT2D eigenvalue weighted by Crippen LogP contribution is -2.24. The van der Waals surface area contributed by atoms with Gasteiger partial charge in [-0.05, 0) is 52.4 Å². The zero-order chi connectivity index (χ0) is 25.0. The highest BCUT2D eigenvalue weighted by Crippen LogP contribution is 2.31. The number of hydrogen-bond acceptors (Lipinski definition) is 10. The molecular formula is C22H23BrN4O6S2. The molecule has 0 bridgehead atoms. The van der Waals surface area contributed by atoms with Gasteiger partial charge < -0.3 is 15.2 Å². The van der Waals surface area contributed by atoms with Crippen LogP contribution in [0, 0.1) is 5.92 Å². The number of hydrogen-bond donors (Lipinski definition) is 3. The van der Waals surface area contributed by atoms with E-state index in [-0.39, 0.29) is 18.4 Å². The number of nitrogens with one attached hydrogen (secondary N) is 1. The van der Waals surface area contributed by atoms with E-state index in [1.165, 1.54) is 23.9 Å². The van der Waals surface area contributed by atoms with Crippen LogP contribution in [-0.2, 0) is 21.1 Å². The van der Waals surface area contributed by atoms with Crippen molar-refractivity contribution in [2.75, 3.05) is 11.9 Å². The van der Waals surface area contributed by atoms with Gasteiger partial charge in [0.1, 0.15) is 24.5 Å². The fourth-order valence-electron chi connectivity index (χ4n) is 3.81. The summed E-state index contributed by atoms with van der Waals surface area (Å²) in [7, 11) is -4.09. The molecule has 35 heavy (non-hydrogen) atoms. The number of nitrogens with zero attached hydrogens (tertiary/aromatic N) is 2. The Morgan fingerprint density at radius 3 is 2.89 bits per heavy atom. The first-order valence-corrected chi connectivity index (χ1v) is 13.7. The van der Waals surface area contributed by atoms with E-state index in [0.717, 1.165) is 10.0 Å². The van der Waals surface area contributed by atoms with Crippen molar-refractivity contribution in [2.24, 2.45) is 11.1 Å². The average Bonchev–Trinajstić information content (AvgIpc) is 3.43. The second-order valence-electron chi connectivity index (χ2n) is 8.07. The Balaban J connectivity index is 1.41. The largest absolute Gasteiger partial charge is 0.488 e. The Labute approximate surface area is 214 Å². The third kappa shape index (κ3) is 6.84. The van der Waals surface area contributed by atoms with Gasteiger partial charge in [0.2, 0.25) is 5.78 Å². The van der Waals surface area contributed by atoms with Crippen LogP contribution in [0.1, 0.15) is 33.6 Å². The second kappa shape index (κ2) is 11.1. The van der Waals surface area contributed by atoms with Crippen molar-refractivity contribution in [2.45, 2.75) is 31.6 Å². The molecule has 10 nitrogen and oxygen atoms in total. The molecule has 1 aliphatic carbocycles. The summed E-state index contributed by atoms with van der Waals surface area (Å²) < 4.78 is 33.4. The van der Waals surface area contributed by atoms with E-state index in [2.05, 4.69) is 35.4 Å². The number of anilines is 1. The topological polar surface area (TPSA) is 154 Å². The van der Waals surface area contributed by atoms with Gasteiger partial charge in [-0.1, -0.05) is 12.1 Å². The summed E-state index contributed by atoms with van der Waals surface area (Å²) in [6.07, 6.45) is 2.76. The van der Waals surface area contributed by atoms with Crippen molar-refractivity contribution >= 4 is 49.2 Å². The average molecular weight is 583 g/mol. The number of nitrogens with two attached hydrogens (primary N) is 1. The Morgan fingerprint density at radius 1 is 1.31 bits per heavy atom. The first kappa shape index (κ1) is 25.7. The highest BCUT2D eigenvalue weighted by Gasteiger charge is 2.34. The van der Waals surface area contributed by atoms with Crippen LogP contribution in [-0.4, -0.2) is 48.0 Å². The number of rotatable bonds is 10. The Morgan fingerprint density at radius 2 is 2.11 bits per heavy atom. The van der Waals surface area contributed by atoms with Crippen LogP contribution in [0.15, 0.2) is 52.7 Å². The molecule has 13 heteroatoms. The Hall–Kier alpha value is -2.42. The third-order valence-corrected chi connectivity index (χ3v) is 7.61. The number of carbonyl (C=O) groups is 1. The standard InChI is InChI=1S/C22H23BrN4O6S2/c23-17-3-1-2-4-19(17)32-9-13-5-20(34-11-13)21(29)16-8-25-12-26-22(16)27-15-6-14(18(28)7-15)10-33-35(24,30)31/h1-5,8,11-12,14-15,18,28H,6-7,9-10H2,(H2,24,30,31)(H,25,26,27)/t14-,15-,18-/m1/s1. The van der Waals surface area contributed by atoms with E-state index in [1.54, 1.807) is 6.07 Å². The monoisotopic (exact) mass is 582 g/mol. The van der Waals surface area contributed by atoms with Crippen LogP contribution in [0.5, 0.6) is 5.75 Å². The van der Waals surface area contributed by atoms with Crippen LogP contribution in [0.25, 0.3) is 0 Å². The summed E-state index contributed by atoms with van der Waals surface area (Å²) in [4.78, 5) is 21.9. The van der Waals surface area contributed by atoms with Gasteiger partial charge in [-0.25, -0.2) is 15.1 Å². The van der Waals surface area contributed by atoms with Gasteiger partial charge in [-0.3, -0.25) is 8.98 Å². The molecule has 0 saturated heterocycles. The highest BCUT2D eigenvalue weighted by atomic mass is 79.9. The van der Waals surface area contributed by atoms with Crippen LogP contribution in [0.4, 0.5) is 5.82 Å². The number of aliphatic hydroxyl groups is 1. The molecule has 0 spiro atoms. The summed E-state index contributed by atoms with van der Waals surface area (Å²) >= 11 is 4.75. The summed E-state index contributed by atoms with van der Waals surface area (Å²) in [6, 6.07) is 9.06. The minimum Gasteiger partial charge on any atom is -0.488 e. The Kier molecular flexibility index (Phi) is 8.14. The van der Waals surface area contributed by atoms with Crippen molar-refractivity contribution in [3.05, 3.63) is 68.7 Å². The van der Waals surface area contributed by atoms with Gasteiger partial charge in [-0.15, -0.1) is 11.3 Å². The van der Waals surface area contributed by atoms with E-state index in [0.29, 0.717) is 41.5 Å². The van der Waals surface area contributed by atoms with Crippen LogP contribution >= 0.6 is 27.3 Å². The van der Waals surface area contributed by atoms with Crippen LogP contribution < -0.4 is 15.2 Å². The third-order valence-electron chi connectivity index (χ3n) is 5.51. The zero-order valence-electron chi connectivity index (χ0n) is 18.3. The molecule has 4 N–H and O–H groups in total. The van der Waals surface area contributed by atoms with Crippen LogP contribution in [0.3, 0.4) is 0 Å². The second-order valence-corrected chi connectivity index (χ2v) is 11.1. The minimum absolute atomic E-state index is 0.215. The molecular weight excluding hydrogens is 560 g/mol. The maximum absolute atomic E-state index is 13.2. The SMILES string of the molecule is NS(=O)(=O)OC[C@H]1C[C@@H](Nc2ncncc2C(=O)c2cc(COc3ccccc3Br)cs2)C[C@H]1O. The fourth-order valence-corrected chi connectivity index (χ4v) is 5.43. The predicted molar refractivity (Wildman–Crippen MR) is 133 cm³/mol. The van der Waals surface area contributed by atoms with Gasteiger partial charge in [-0.2, -0.15) is 8.42 Å². The quantitative estimate of drug-likeness (QED) is 0.306. The maximum Gasteiger partial charge on any atom is 0.333 e. The van der Waals surface area contributed by atoms with E-state index >= 15 is 0 Å². The molecule has 2 heterocycles. The number of aliphatic hydroxyl groups excluding tert-OH is 1. The molecule has 4 rings (SSSR count).